The van der Waals surface area contributed by atoms with Crippen LogP contribution in [0.3, 0.4) is 0 Å². The summed E-state index contributed by atoms with van der Waals surface area (Å²) in [6, 6.07) is 5.40. The Balaban J connectivity index is 2.54. The number of halogens is 1. The number of azide groups is 1. The van der Waals surface area contributed by atoms with E-state index in [1.54, 1.807) is 0 Å². The van der Waals surface area contributed by atoms with Gasteiger partial charge in [-0.1, -0.05) is 80.5 Å². The second kappa shape index (κ2) is 19.8. The molecule has 1 fully saturated rings. The summed E-state index contributed by atoms with van der Waals surface area (Å²) in [6.45, 7) is 13.4. The van der Waals surface area contributed by atoms with E-state index in [9.17, 15) is 5.53 Å². The van der Waals surface area contributed by atoms with Gasteiger partial charge in [0.05, 0.1) is 18.8 Å². The maximum atomic E-state index is 9.65. The molecule has 1 aromatic carbocycles. The summed E-state index contributed by atoms with van der Waals surface area (Å²) in [7, 11) is 0. The normalized spacial score (nSPS) is 23.9. The van der Waals surface area contributed by atoms with Gasteiger partial charge < -0.3 is 23.7 Å². The van der Waals surface area contributed by atoms with Gasteiger partial charge in [0.15, 0.2) is 0 Å². The largest absolute Gasteiger partial charge is 0.379 e. The first-order valence-corrected chi connectivity index (χ1v) is 15.7. The highest BCUT2D eigenvalue weighted by molar-refractivity contribution is 9.10. The standard InChI is InChI=1S/C30H50BrN3O5/c1-6-10-16-35-21-25-27(36-17-11-7-2)29(37-18-12-8-3)30(38-19-13-9-4)28(39-25)26(33-34-32)24-15-14-23(31)20-22(24)5/h14-15,20,25-30H,6-13,16-19,21H2,1-5H3/t25?,26-,27-,28-,29+,30?/m1/s1. The Kier molecular flexibility index (Phi) is 17.3. The first-order chi connectivity index (χ1) is 19.0. The minimum atomic E-state index is -0.596. The number of rotatable bonds is 20. The van der Waals surface area contributed by atoms with Gasteiger partial charge >= 0.3 is 0 Å². The zero-order valence-corrected chi connectivity index (χ0v) is 26.2. The van der Waals surface area contributed by atoms with Crippen LogP contribution >= 0.6 is 15.9 Å². The van der Waals surface area contributed by atoms with E-state index in [0.29, 0.717) is 33.0 Å². The van der Waals surface area contributed by atoms with E-state index in [0.717, 1.165) is 67.0 Å². The van der Waals surface area contributed by atoms with E-state index in [1.165, 1.54) is 0 Å². The first kappa shape index (κ1) is 34.0. The van der Waals surface area contributed by atoms with E-state index in [2.05, 4.69) is 53.7 Å². The highest BCUT2D eigenvalue weighted by atomic mass is 79.9. The fourth-order valence-electron chi connectivity index (χ4n) is 4.78. The molecule has 0 radical (unpaired) electrons. The first-order valence-electron chi connectivity index (χ1n) is 14.9. The number of unbranched alkanes of at least 4 members (excludes halogenated alkanes) is 4. The van der Waals surface area contributed by atoms with Crippen molar-refractivity contribution >= 4 is 15.9 Å². The van der Waals surface area contributed by atoms with Gasteiger partial charge in [0.2, 0.25) is 0 Å². The van der Waals surface area contributed by atoms with Crippen molar-refractivity contribution in [2.45, 2.75) is 123 Å². The SMILES string of the molecule is CCCCOCC1O[C@H]([C@H](N=[N+]=[N-])c2ccc(Br)cc2C)C(OCCCC)[C@@H](OCCCC)[C@@H]1OCCCC. The summed E-state index contributed by atoms with van der Waals surface area (Å²) in [5, 5.41) is 4.29. The fourth-order valence-corrected chi connectivity index (χ4v) is 5.26. The molecule has 2 unspecified atom stereocenters. The number of nitrogens with zero attached hydrogens (tertiary/aromatic N) is 3. The molecule has 0 aromatic heterocycles. The molecule has 9 heteroatoms. The highest BCUT2D eigenvalue weighted by Gasteiger charge is 2.50. The van der Waals surface area contributed by atoms with Gasteiger partial charge in [0.1, 0.15) is 24.4 Å². The van der Waals surface area contributed by atoms with Crippen LogP contribution in [-0.2, 0) is 23.7 Å². The van der Waals surface area contributed by atoms with Crippen LogP contribution in [0.5, 0.6) is 0 Å². The van der Waals surface area contributed by atoms with Crippen molar-refractivity contribution in [1.82, 2.24) is 0 Å². The van der Waals surface area contributed by atoms with Gasteiger partial charge in [-0.2, -0.15) is 0 Å². The zero-order valence-electron chi connectivity index (χ0n) is 24.6. The summed E-state index contributed by atoms with van der Waals surface area (Å²) in [5.74, 6) is 0. The molecule has 1 heterocycles. The molecule has 1 aromatic rings. The Hall–Kier alpha value is -1.19. The molecular formula is C30H50BrN3O5. The van der Waals surface area contributed by atoms with Crippen molar-refractivity contribution in [3.63, 3.8) is 0 Å². The molecule has 0 spiro atoms. The number of benzene rings is 1. The summed E-state index contributed by atoms with van der Waals surface area (Å²) in [4.78, 5) is 3.25. The van der Waals surface area contributed by atoms with Crippen LogP contribution in [0.1, 0.15) is 96.2 Å². The van der Waals surface area contributed by atoms with Crippen molar-refractivity contribution in [3.8, 4) is 0 Å². The van der Waals surface area contributed by atoms with E-state index in [4.69, 9.17) is 23.7 Å². The Morgan fingerprint density at radius 1 is 0.872 bits per heavy atom. The van der Waals surface area contributed by atoms with E-state index in [-0.39, 0.29) is 18.3 Å². The third-order valence-electron chi connectivity index (χ3n) is 7.06. The molecule has 1 saturated heterocycles. The monoisotopic (exact) mass is 611 g/mol. The average molecular weight is 613 g/mol. The van der Waals surface area contributed by atoms with Crippen LogP contribution in [0.4, 0.5) is 0 Å². The Bertz CT molecular complexity index is 854. The molecule has 0 bridgehead atoms. The summed E-state index contributed by atoms with van der Waals surface area (Å²) in [6.07, 6.45) is 5.78. The van der Waals surface area contributed by atoms with Crippen molar-refractivity contribution in [1.29, 1.82) is 0 Å². The van der Waals surface area contributed by atoms with Gasteiger partial charge in [0, 0.05) is 35.8 Å². The van der Waals surface area contributed by atoms with Crippen LogP contribution in [0.25, 0.3) is 10.4 Å². The minimum absolute atomic E-state index is 0.351. The van der Waals surface area contributed by atoms with Gasteiger partial charge in [-0.05, 0) is 61.4 Å². The number of aryl methyl sites for hydroxylation is 1. The van der Waals surface area contributed by atoms with E-state index < -0.39 is 18.2 Å². The summed E-state index contributed by atoms with van der Waals surface area (Å²) >= 11 is 3.56. The Morgan fingerprint density at radius 2 is 1.44 bits per heavy atom. The summed E-state index contributed by atoms with van der Waals surface area (Å²) in [5.41, 5.74) is 11.6. The van der Waals surface area contributed by atoms with Crippen LogP contribution in [0.2, 0.25) is 0 Å². The number of hydrogen-bond donors (Lipinski definition) is 0. The molecule has 1 aliphatic heterocycles. The maximum absolute atomic E-state index is 9.65. The van der Waals surface area contributed by atoms with Gasteiger partial charge in [0.25, 0.3) is 0 Å². The molecule has 222 valence electrons. The lowest BCUT2D eigenvalue weighted by Crippen LogP contribution is -2.62. The van der Waals surface area contributed by atoms with Crippen molar-refractivity contribution in [3.05, 3.63) is 44.2 Å². The number of ether oxygens (including phenoxy) is 5. The minimum Gasteiger partial charge on any atom is -0.379 e. The Morgan fingerprint density at radius 3 is 2.00 bits per heavy atom. The maximum Gasteiger partial charge on any atom is 0.115 e. The van der Waals surface area contributed by atoms with Crippen molar-refractivity contribution < 1.29 is 23.7 Å². The van der Waals surface area contributed by atoms with Gasteiger partial charge in [-0.3, -0.25) is 0 Å². The topological polar surface area (TPSA) is 94.9 Å². The Labute approximate surface area is 244 Å². The molecule has 8 nitrogen and oxygen atoms in total. The molecule has 0 saturated carbocycles. The molecule has 1 aliphatic rings. The molecule has 6 atom stereocenters. The van der Waals surface area contributed by atoms with Crippen LogP contribution in [0, 0.1) is 6.92 Å². The highest BCUT2D eigenvalue weighted by Crippen LogP contribution is 2.38. The predicted molar refractivity (Wildman–Crippen MR) is 159 cm³/mol. The summed E-state index contributed by atoms with van der Waals surface area (Å²) < 4.78 is 33.5. The average Bonchev–Trinajstić information content (AvgIpc) is 2.92. The smallest absolute Gasteiger partial charge is 0.115 e. The van der Waals surface area contributed by atoms with E-state index in [1.807, 2.05) is 25.1 Å². The molecule has 0 aliphatic carbocycles. The lowest BCUT2D eigenvalue weighted by molar-refractivity contribution is -0.269. The molecule has 0 N–H and O–H groups in total. The van der Waals surface area contributed by atoms with Crippen molar-refractivity contribution in [2.24, 2.45) is 5.11 Å². The quantitative estimate of drug-likeness (QED) is 0.0640. The molecular weight excluding hydrogens is 562 g/mol. The second-order valence-electron chi connectivity index (χ2n) is 10.3. The second-order valence-corrected chi connectivity index (χ2v) is 11.2. The van der Waals surface area contributed by atoms with Gasteiger partial charge in [-0.25, -0.2) is 0 Å². The molecule has 2 rings (SSSR count). The van der Waals surface area contributed by atoms with Crippen molar-refractivity contribution in [2.75, 3.05) is 33.0 Å². The lowest BCUT2D eigenvalue weighted by Gasteiger charge is -2.48. The third-order valence-corrected chi connectivity index (χ3v) is 7.55. The van der Waals surface area contributed by atoms with Gasteiger partial charge in [-0.15, -0.1) is 0 Å². The number of hydrogen-bond acceptors (Lipinski definition) is 6. The third kappa shape index (κ3) is 11.0. The van der Waals surface area contributed by atoms with E-state index >= 15 is 0 Å². The van der Waals surface area contributed by atoms with Crippen LogP contribution in [-0.4, -0.2) is 63.6 Å². The zero-order chi connectivity index (χ0) is 28.5. The van der Waals surface area contributed by atoms with Crippen LogP contribution < -0.4 is 0 Å². The lowest BCUT2D eigenvalue weighted by atomic mass is 9.87. The molecule has 0 amide bonds. The predicted octanol–water partition coefficient (Wildman–Crippen LogP) is 8.25. The van der Waals surface area contributed by atoms with Crippen LogP contribution in [0.15, 0.2) is 27.8 Å². The molecule has 39 heavy (non-hydrogen) atoms. The fraction of sp³-hybridized carbons (Fsp3) is 0.800.